The Labute approximate surface area is 115 Å². The number of amides is 1. The summed E-state index contributed by atoms with van der Waals surface area (Å²) in [4.78, 5) is 11.5. The van der Waals surface area contributed by atoms with Crippen LogP contribution in [-0.2, 0) is 4.79 Å². The molecule has 0 fully saturated rings. The van der Waals surface area contributed by atoms with Crippen molar-refractivity contribution in [3.63, 3.8) is 0 Å². The Morgan fingerprint density at radius 3 is 2.85 bits per heavy atom. The zero-order valence-corrected chi connectivity index (χ0v) is 10.8. The third-order valence-corrected chi connectivity index (χ3v) is 2.42. The predicted octanol–water partition coefficient (Wildman–Crippen LogP) is 2.34. The van der Waals surface area contributed by atoms with Gasteiger partial charge in [-0.05, 0) is 31.2 Å². The molecule has 5 nitrogen and oxygen atoms in total. The third-order valence-electron chi connectivity index (χ3n) is 2.42. The van der Waals surface area contributed by atoms with Crippen molar-refractivity contribution in [2.75, 3.05) is 6.61 Å². The Balaban J connectivity index is 1.84. The quantitative estimate of drug-likeness (QED) is 0.673. The fraction of sp³-hybridized carbons (Fsp3) is 0.143. The molecule has 6 heteroatoms. The van der Waals surface area contributed by atoms with Gasteiger partial charge in [-0.1, -0.05) is 12.1 Å². The number of hydrogen-bond acceptors (Lipinski definition) is 4. The lowest BCUT2D eigenvalue weighted by molar-refractivity contribution is -0.123. The van der Waals surface area contributed by atoms with Crippen LogP contribution in [0, 0.1) is 5.82 Å². The lowest BCUT2D eigenvalue weighted by Gasteiger charge is -2.05. The van der Waals surface area contributed by atoms with Crippen molar-refractivity contribution in [2.45, 2.75) is 6.92 Å². The smallest absolute Gasteiger partial charge is 0.277 e. The molecule has 0 aliphatic heterocycles. The van der Waals surface area contributed by atoms with Gasteiger partial charge in [0.05, 0.1) is 6.26 Å². The van der Waals surface area contributed by atoms with Gasteiger partial charge in [-0.25, -0.2) is 9.82 Å². The Kier molecular flexibility index (Phi) is 4.49. The molecule has 1 heterocycles. The number of carbonyl (C=O) groups is 1. The number of rotatable bonds is 5. The monoisotopic (exact) mass is 276 g/mol. The lowest BCUT2D eigenvalue weighted by atomic mass is 10.3. The second-order valence-electron chi connectivity index (χ2n) is 3.93. The summed E-state index contributed by atoms with van der Waals surface area (Å²) in [6.07, 6.45) is 1.51. The topological polar surface area (TPSA) is 63.8 Å². The summed E-state index contributed by atoms with van der Waals surface area (Å²) < 4.78 is 23.4. The van der Waals surface area contributed by atoms with E-state index in [1.54, 1.807) is 31.2 Å². The summed E-state index contributed by atoms with van der Waals surface area (Å²) in [5.41, 5.74) is 2.82. The maximum absolute atomic E-state index is 13.2. The number of nitrogens with zero attached hydrogens (tertiary/aromatic N) is 1. The highest BCUT2D eigenvalue weighted by molar-refractivity contribution is 5.96. The zero-order valence-electron chi connectivity index (χ0n) is 10.8. The van der Waals surface area contributed by atoms with E-state index in [0.717, 1.165) is 0 Å². The van der Waals surface area contributed by atoms with E-state index >= 15 is 0 Å². The summed E-state index contributed by atoms with van der Waals surface area (Å²) in [6, 6.07) is 9.31. The first-order valence-corrected chi connectivity index (χ1v) is 5.91. The Bertz CT molecular complexity index is 609. The van der Waals surface area contributed by atoms with Crippen molar-refractivity contribution in [1.29, 1.82) is 0 Å². The van der Waals surface area contributed by atoms with Crippen LogP contribution in [0.3, 0.4) is 0 Å². The molecule has 1 amide bonds. The lowest BCUT2D eigenvalue weighted by Crippen LogP contribution is -2.25. The number of furan rings is 1. The Hall–Kier alpha value is -2.63. The van der Waals surface area contributed by atoms with Crippen LogP contribution in [0.25, 0.3) is 0 Å². The molecule has 0 aliphatic carbocycles. The van der Waals surface area contributed by atoms with Gasteiger partial charge in [0, 0.05) is 0 Å². The van der Waals surface area contributed by atoms with Gasteiger partial charge in [0.2, 0.25) is 0 Å². The first kappa shape index (κ1) is 13.8. The van der Waals surface area contributed by atoms with Crippen LogP contribution in [-0.4, -0.2) is 18.2 Å². The molecule has 1 aromatic heterocycles. The molecule has 0 bridgehead atoms. The van der Waals surface area contributed by atoms with Gasteiger partial charge < -0.3 is 9.15 Å². The van der Waals surface area contributed by atoms with Crippen molar-refractivity contribution in [2.24, 2.45) is 5.10 Å². The van der Waals surface area contributed by atoms with E-state index < -0.39 is 11.7 Å². The Morgan fingerprint density at radius 2 is 2.15 bits per heavy atom. The van der Waals surface area contributed by atoms with Crippen molar-refractivity contribution < 1.29 is 18.3 Å². The van der Waals surface area contributed by atoms with E-state index in [9.17, 15) is 9.18 Å². The third kappa shape index (κ3) is 3.68. The van der Waals surface area contributed by atoms with Crippen LogP contribution in [0.4, 0.5) is 4.39 Å². The maximum atomic E-state index is 13.2. The van der Waals surface area contributed by atoms with E-state index in [1.807, 2.05) is 0 Å². The van der Waals surface area contributed by atoms with Crippen LogP contribution < -0.4 is 10.2 Å². The summed E-state index contributed by atoms with van der Waals surface area (Å²) in [5.74, 6) is -0.426. The molecule has 20 heavy (non-hydrogen) atoms. The SMILES string of the molecule is C/C(=N\NC(=O)COc1ccccc1F)c1ccco1. The summed E-state index contributed by atoms with van der Waals surface area (Å²) in [6.45, 7) is 1.37. The van der Waals surface area contributed by atoms with E-state index in [4.69, 9.17) is 9.15 Å². The maximum Gasteiger partial charge on any atom is 0.277 e. The molecule has 0 aliphatic rings. The standard InChI is InChI=1S/C14H13FN2O3/c1-10(12-7-4-8-19-12)16-17-14(18)9-20-13-6-3-2-5-11(13)15/h2-8H,9H2,1H3,(H,17,18)/b16-10+. The van der Waals surface area contributed by atoms with E-state index in [-0.39, 0.29) is 12.4 Å². The number of nitrogens with one attached hydrogen (secondary N) is 1. The van der Waals surface area contributed by atoms with Gasteiger partial charge in [-0.3, -0.25) is 4.79 Å². The van der Waals surface area contributed by atoms with Crippen LogP contribution in [0.15, 0.2) is 52.2 Å². The molecule has 104 valence electrons. The van der Waals surface area contributed by atoms with E-state index in [2.05, 4.69) is 10.5 Å². The summed E-state index contributed by atoms with van der Waals surface area (Å²) >= 11 is 0. The van der Waals surface area contributed by atoms with Crippen molar-refractivity contribution >= 4 is 11.6 Å². The van der Waals surface area contributed by atoms with Gasteiger partial charge >= 0.3 is 0 Å². The molecule has 0 unspecified atom stereocenters. The molecule has 1 aromatic carbocycles. The molecule has 0 atom stereocenters. The van der Waals surface area contributed by atoms with Crippen LogP contribution in [0.1, 0.15) is 12.7 Å². The normalized spacial score (nSPS) is 11.2. The second-order valence-corrected chi connectivity index (χ2v) is 3.93. The minimum Gasteiger partial charge on any atom is -0.481 e. The first-order valence-electron chi connectivity index (χ1n) is 5.91. The molecule has 0 radical (unpaired) electrons. The van der Waals surface area contributed by atoms with Crippen LogP contribution >= 0.6 is 0 Å². The van der Waals surface area contributed by atoms with Crippen LogP contribution in [0.2, 0.25) is 0 Å². The Morgan fingerprint density at radius 1 is 1.35 bits per heavy atom. The summed E-state index contributed by atoms with van der Waals surface area (Å²) in [5, 5.41) is 3.85. The average molecular weight is 276 g/mol. The molecule has 2 aromatic rings. The van der Waals surface area contributed by atoms with Gasteiger partial charge in [0.25, 0.3) is 5.91 Å². The van der Waals surface area contributed by atoms with Crippen molar-refractivity contribution in [3.05, 3.63) is 54.2 Å². The number of carbonyl (C=O) groups excluding carboxylic acids is 1. The zero-order chi connectivity index (χ0) is 14.4. The fourth-order valence-electron chi connectivity index (χ4n) is 1.42. The number of ether oxygens (including phenoxy) is 1. The number of hydrogen-bond donors (Lipinski definition) is 1. The number of para-hydroxylation sites is 1. The largest absolute Gasteiger partial charge is 0.481 e. The van der Waals surface area contributed by atoms with Crippen molar-refractivity contribution in [1.82, 2.24) is 5.43 Å². The number of benzene rings is 1. The molecule has 1 N–H and O–H groups in total. The fourth-order valence-corrected chi connectivity index (χ4v) is 1.42. The highest BCUT2D eigenvalue weighted by Gasteiger charge is 2.06. The highest BCUT2D eigenvalue weighted by Crippen LogP contribution is 2.14. The molecule has 0 saturated heterocycles. The average Bonchev–Trinajstić information content (AvgIpc) is 2.98. The molecule has 2 rings (SSSR count). The van der Waals surface area contributed by atoms with Gasteiger partial charge in [0.1, 0.15) is 11.5 Å². The van der Waals surface area contributed by atoms with Gasteiger partial charge in [-0.2, -0.15) is 5.10 Å². The molecule has 0 saturated carbocycles. The van der Waals surface area contributed by atoms with E-state index in [0.29, 0.717) is 11.5 Å². The van der Waals surface area contributed by atoms with E-state index in [1.165, 1.54) is 18.4 Å². The number of halogens is 1. The van der Waals surface area contributed by atoms with Crippen LogP contribution in [0.5, 0.6) is 5.75 Å². The minimum absolute atomic E-state index is 0.0226. The second kappa shape index (κ2) is 6.51. The molecule has 0 spiro atoms. The van der Waals surface area contributed by atoms with Crippen molar-refractivity contribution in [3.8, 4) is 5.75 Å². The van der Waals surface area contributed by atoms with Gasteiger partial charge in [0.15, 0.2) is 18.2 Å². The number of hydrazone groups is 1. The molecular weight excluding hydrogens is 263 g/mol. The molecular formula is C14H13FN2O3. The minimum atomic E-state index is -0.518. The summed E-state index contributed by atoms with van der Waals surface area (Å²) in [7, 11) is 0. The highest BCUT2D eigenvalue weighted by atomic mass is 19.1. The van der Waals surface area contributed by atoms with Gasteiger partial charge in [-0.15, -0.1) is 0 Å². The first-order chi connectivity index (χ1) is 9.66. The predicted molar refractivity (Wildman–Crippen MR) is 71.0 cm³/mol.